The van der Waals surface area contributed by atoms with Gasteiger partial charge >= 0.3 is 5.97 Å². The Kier molecular flexibility index (Phi) is 3.29. The molecule has 0 aromatic rings. The lowest BCUT2D eigenvalue weighted by atomic mass is 10.3. The standard InChI is InChI=1S/C9H14O3/c1-3-11-8-4-5-9(6-8)12-7(2)10/h4-5,8-9H,3,6H2,1-2H3. The minimum Gasteiger partial charge on any atom is -0.458 e. The van der Waals surface area contributed by atoms with Gasteiger partial charge in [-0.2, -0.15) is 0 Å². The molecule has 0 amide bonds. The zero-order valence-corrected chi connectivity index (χ0v) is 7.45. The summed E-state index contributed by atoms with van der Waals surface area (Å²) >= 11 is 0. The Morgan fingerprint density at radius 3 is 2.75 bits per heavy atom. The van der Waals surface area contributed by atoms with Gasteiger partial charge in [0.2, 0.25) is 0 Å². The first kappa shape index (κ1) is 9.26. The molecule has 0 spiro atoms. The molecule has 0 aliphatic heterocycles. The minimum absolute atomic E-state index is 0.0842. The predicted molar refractivity (Wildman–Crippen MR) is 44.7 cm³/mol. The van der Waals surface area contributed by atoms with Crippen LogP contribution in [-0.2, 0) is 14.3 Å². The van der Waals surface area contributed by atoms with Gasteiger partial charge in [-0.3, -0.25) is 4.79 Å². The molecule has 12 heavy (non-hydrogen) atoms. The molecule has 2 unspecified atom stereocenters. The molecule has 0 heterocycles. The van der Waals surface area contributed by atoms with Crippen LogP contribution in [0.15, 0.2) is 12.2 Å². The van der Waals surface area contributed by atoms with Crippen molar-refractivity contribution in [3.8, 4) is 0 Å². The van der Waals surface area contributed by atoms with E-state index in [9.17, 15) is 4.79 Å². The summed E-state index contributed by atoms with van der Waals surface area (Å²) in [7, 11) is 0. The van der Waals surface area contributed by atoms with E-state index in [1.165, 1.54) is 6.92 Å². The molecular formula is C9H14O3. The van der Waals surface area contributed by atoms with Crippen LogP contribution in [0.25, 0.3) is 0 Å². The van der Waals surface area contributed by atoms with E-state index in [-0.39, 0.29) is 18.2 Å². The van der Waals surface area contributed by atoms with Gasteiger partial charge in [-0.1, -0.05) is 6.08 Å². The van der Waals surface area contributed by atoms with Crippen LogP contribution in [0.5, 0.6) is 0 Å². The van der Waals surface area contributed by atoms with Crippen molar-refractivity contribution >= 4 is 5.97 Å². The summed E-state index contributed by atoms with van der Waals surface area (Å²) in [5, 5.41) is 0. The number of carbonyl (C=O) groups is 1. The normalized spacial score (nSPS) is 27.5. The van der Waals surface area contributed by atoms with Gasteiger partial charge in [0, 0.05) is 20.0 Å². The zero-order valence-electron chi connectivity index (χ0n) is 7.45. The molecule has 0 N–H and O–H groups in total. The molecule has 0 aromatic carbocycles. The lowest BCUT2D eigenvalue weighted by molar-refractivity contribution is -0.144. The SMILES string of the molecule is CCOC1C=CC(OC(C)=O)C1. The highest BCUT2D eigenvalue weighted by Crippen LogP contribution is 2.16. The van der Waals surface area contributed by atoms with Crippen LogP contribution >= 0.6 is 0 Å². The third-order valence-corrected chi connectivity index (χ3v) is 1.70. The maximum absolute atomic E-state index is 10.6. The fraction of sp³-hybridized carbons (Fsp3) is 0.667. The largest absolute Gasteiger partial charge is 0.458 e. The van der Waals surface area contributed by atoms with E-state index in [4.69, 9.17) is 9.47 Å². The highest BCUT2D eigenvalue weighted by molar-refractivity contribution is 5.66. The van der Waals surface area contributed by atoms with Crippen molar-refractivity contribution in [3.63, 3.8) is 0 Å². The lowest BCUT2D eigenvalue weighted by Gasteiger charge is -2.11. The second-order valence-electron chi connectivity index (χ2n) is 2.76. The van der Waals surface area contributed by atoms with E-state index < -0.39 is 0 Å². The smallest absolute Gasteiger partial charge is 0.303 e. The molecule has 0 fully saturated rings. The van der Waals surface area contributed by atoms with Gasteiger partial charge in [-0.25, -0.2) is 0 Å². The molecule has 3 nitrogen and oxygen atoms in total. The molecule has 0 radical (unpaired) electrons. The molecule has 0 saturated heterocycles. The van der Waals surface area contributed by atoms with Gasteiger partial charge in [-0.15, -0.1) is 0 Å². The van der Waals surface area contributed by atoms with Crippen LogP contribution in [0, 0.1) is 0 Å². The molecule has 3 heteroatoms. The fourth-order valence-corrected chi connectivity index (χ4v) is 1.27. The van der Waals surface area contributed by atoms with Crippen molar-refractivity contribution in [2.45, 2.75) is 32.5 Å². The number of rotatable bonds is 3. The van der Waals surface area contributed by atoms with Crippen LogP contribution < -0.4 is 0 Å². The average Bonchev–Trinajstić information content (AvgIpc) is 2.36. The first-order valence-electron chi connectivity index (χ1n) is 4.19. The Morgan fingerprint density at radius 2 is 2.17 bits per heavy atom. The second kappa shape index (κ2) is 4.26. The van der Waals surface area contributed by atoms with Gasteiger partial charge in [0.25, 0.3) is 0 Å². The number of esters is 1. The first-order chi connectivity index (χ1) is 5.72. The molecule has 0 bridgehead atoms. The van der Waals surface area contributed by atoms with Gasteiger partial charge in [0.05, 0.1) is 6.10 Å². The number of ether oxygens (including phenoxy) is 2. The third kappa shape index (κ3) is 2.66. The molecular weight excluding hydrogens is 156 g/mol. The summed E-state index contributed by atoms with van der Waals surface area (Å²) in [5.41, 5.74) is 0. The van der Waals surface area contributed by atoms with Gasteiger partial charge < -0.3 is 9.47 Å². The van der Waals surface area contributed by atoms with Gasteiger partial charge in [0.1, 0.15) is 6.10 Å². The van der Waals surface area contributed by atoms with E-state index in [1.807, 2.05) is 19.1 Å². The van der Waals surface area contributed by atoms with Crippen LogP contribution in [-0.4, -0.2) is 24.8 Å². The van der Waals surface area contributed by atoms with Crippen LogP contribution in [0.4, 0.5) is 0 Å². The van der Waals surface area contributed by atoms with Crippen LogP contribution in [0.2, 0.25) is 0 Å². The molecule has 0 saturated carbocycles. The topological polar surface area (TPSA) is 35.5 Å². The Hall–Kier alpha value is -0.830. The maximum Gasteiger partial charge on any atom is 0.303 e. The molecule has 68 valence electrons. The summed E-state index contributed by atoms with van der Waals surface area (Å²) in [6.45, 7) is 4.07. The fourth-order valence-electron chi connectivity index (χ4n) is 1.27. The number of carbonyl (C=O) groups excluding carboxylic acids is 1. The Balaban J connectivity index is 2.27. The second-order valence-corrected chi connectivity index (χ2v) is 2.76. The predicted octanol–water partition coefficient (Wildman–Crippen LogP) is 1.28. The van der Waals surface area contributed by atoms with Crippen molar-refractivity contribution in [1.29, 1.82) is 0 Å². The lowest BCUT2D eigenvalue weighted by Crippen LogP contribution is -2.16. The summed E-state index contributed by atoms with van der Waals surface area (Å²) in [6, 6.07) is 0. The van der Waals surface area contributed by atoms with Crippen molar-refractivity contribution in [3.05, 3.63) is 12.2 Å². The quantitative estimate of drug-likeness (QED) is 0.473. The Bertz CT molecular complexity index is 186. The summed E-state index contributed by atoms with van der Waals surface area (Å²) in [6.07, 6.45) is 4.62. The van der Waals surface area contributed by atoms with Gasteiger partial charge in [0.15, 0.2) is 0 Å². The molecule has 0 aromatic heterocycles. The van der Waals surface area contributed by atoms with E-state index in [0.717, 1.165) is 6.42 Å². The molecule has 1 rings (SSSR count). The van der Waals surface area contributed by atoms with Crippen molar-refractivity contribution < 1.29 is 14.3 Å². The Labute approximate surface area is 72.4 Å². The summed E-state index contributed by atoms with van der Waals surface area (Å²) < 4.78 is 10.3. The van der Waals surface area contributed by atoms with Crippen molar-refractivity contribution in [1.82, 2.24) is 0 Å². The number of hydrogen-bond acceptors (Lipinski definition) is 3. The van der Waals surface area contributed by atoms with Gasteiger partial charge in [-0.05, 0) is 13.0 Å². The van der Waals surface area contributed by atoms with Crippen LogP contribution in [0.3, 0.4) is 0 Å². The van der Waals surface area contributed by atoms with Crippen molar-refractivity contribution in [2.24, 2.45) is 0 Å². The summed E-state index contributed by atoms with van der Waals surface area (Å²) in [4.78, 5) is 10.6. The molecule has 1 aliphatic carbocycles. The summed E-state index contributed by atoms with van der Waals surface area (Å²) in [5.74, 6) is -0.234. The highest BCUT2D eigenvalue weighted by Gasteiger charge is 2.20. The minimum atomic E-state index is -0.234. The van der Waals surface area contributed by atoms with E-state index in [2.05, 4.69) is 0 Å². The van der Waals surface area contributed by atoms with E-state index in [0.29, 0.717) is 6.61 Å². The highest BCUT2D eigenvalue weighted by atomic mass is 16.5. The van der Waals surface area contributed by atoms with E-state index in [1.54, 1.807) is 0 Å². The molecule has 1 aliphatic rings. The molecule has 2 atom stereocenters. The monoisotopic (exact) mass is 170 g/mol. The van der Waals surface area contributed by atoms with Crippen LogP contribution in [0.1, 0.15) is 20.3 Å². The zero-order chi connectivity index (χ0) is 8.97. The van der Waals surface area contributed by atoms with E-state index >= 15 is 0 Å². The van der Waals surface area contributed by atoms with Crippen molar-refractivity contribution in [2.75, 3.05) is 6.61 Å². The first-order valence-corrected chi connectivity index (χ1v) is 4.19. The average molecular weight is 170 g/mol. The third-order valence-electron chi connectivity index (χ3n) is 1.70. The number of hydrogen-bond donors (Lipinski definition) is 0. The maximum atomic E-state index is 10.6. The Morgan fingerprint density at radius 1 is 1.50 bits per heavy atom.